The second-order valence-corrected chi connectivity index (χ2v) is 7.66. The Morgan fingerprint density at radius 2 is 1.62 bits per heavy atom. The van der Waals surface area contributed by atoms with Crippen LogP contribution in [0.2, 0.25) is 0 Å². The van der Waals surface area contributed by atoms with E-state index in [0.717, 1.165) is 31.1 Å². The van der Waals surface area contributed by atoms with E-state index in [-0.39, 0.29) is 5.54 Å². The Labute approximate surface area is 130 Å². The van der Waals surface area contributed by atoms with E-state index in [1.807, 2.05) is 12.4 Å². The highest BCUT2D eigenvalue weighted by molar-refractivity contribution is 5.36. The number of rotatable bonds is 7. The van der Waals surface area contributed by atoms with Crippen LogP contribution < -0.4 is 10.2 Å². The molecule has 1 N–H and O–H groups in total. The molecule has 0 fully saturated rings. The normalized spacial score (nSPS) is 12.2. The summed E-state index contributed by atoms with van der Waals surface area (Å²) in [7, 11) is 0. The molecule has 0 bridgehead atoms. The highest BCUT2D eigenvalue weighted by Crippen LogP contribution is 2.15. The molecule has 0 radical (unpaired) electrons. The number of hydrogen-bond donors (Lipinski definition) is 1. The van der Waals surface area contributed by atoms with Gasteiger partial charge in [-0.15, -0.1) is 0 Å². The van der Waals surface area contributed by atoms with Crippen LogP contribution in [0.15, 0.2) is 12.4 Å². The summed E-state index contributed by atoms with van der Waals surface area (Å²) >= 11 is 0. The zero-order valence-corrected chi connectivity index (χ0v) is 14.8. The fourth-order valence-corrected chi connectivity index (χ4v) is 2.13. The molecule has 0 aliphatic heterocycles. The molecule has 0 saturated heterocycles. The number of aromatic nitrogens is 2. The molecule has 0 unspecified atom stereocenters. The van der Waals surface area contributed by atoms with Crippen LogP contribution in [0.5, 0.6) is 0 Å². The molecule has 0 amide bonds. The lowest BCUT2D eigenvalue weighted by atomic mass is 10.1. The second kappa shape index (κ2) is 7.74. The van der Waals surface area contributed by atoms with Gasteiger partial charge in [0.25, 0.3) is 0 Å². The van der Waals surface area contributed by atoms with Gasteiger partial charge in [0.1, 0.15) is 5.82 Å². The van der Waals surface area contributed by atoms with Crippen molar-refractivity contribution in [3.63, 3.8) is 0 Å². The summed E-state index contributed by atoms with van der Waals surface area (Å²) in [5.74, 6) is 2.22. The van der Waals surface area contributed by atoms with Crippen LogP contribution in [0.4, 0.5) is 5.82 Å². The van der Waals surface area contributed by atoms with Crippen LogP contribution in [0.3, 0.4) is 0 Å². The smallest absolute Gasteiger partial charge is 0.147 e. The zero-order valence-electron chi connectivity index (χ0n) is 14.8. The fourth-order valence-electron chi connectivity index (χ4n) is 2.13. The Balaban J connectivity index is 2.83. The van der Waals surface area contributed by atoms with Gasteiger partial charge in [-0.1, -0.05) is 27.7 Å². The third-order valence-electron chi connectivity index (χ3n) is 2.97. The second-order valence-electron chi connectivity index (χ2n) is 7.66. The summed E-state index contributed by atoms with van der Waals surface area (Å²) in [6, 6.07) is 0. The van der Waals surface area contributed by atoms with Crippen LogP contribution in [-0.4, -0.2) is 28.6 Å². The summed E-state index contributed by atoms with van der Waals surface area (Å²) in [6.45, 7) is 18.2. The fraction of sp³-hybridized carbons (Fsp3) is 0.765. The molecule has 1 rings (SSSR count). The van der Waals surface area contributed by atoms with Gasteiger partial charge in [-0.3, -0.25) is 4.98 Å². The SMILES string of the molecule is CC(C)CN(CC(C)C)c1cncc(CNC(C)(C)C)n1. The van der Waals surface area contributed by atoms with Crippen molar-refractivity contribution in [2.75, 3.05) is 18.0 Å². The first kappa shape index (κ1) is 17.9. The van der Waals surface area contributed by atoms with Gasteiger partial charge in [0.2, 0.25) is 0 Å². The van der Waals surface area contributed by atoms with Crippen LogP contribution >= 0.6 is 0 Å². The van der Waals surface area contributed by atoms with E-state index in [1.165, 1.54) is 0 Å². The molecule has 0 spiro atoms. The predicted molar refractivity (Wildman–Crippen MR) is 90.5 cm³/mol. The minimum Gasteiger partial charge on any atom is -0.355 e. The maximum absolute atomic E-state index is 4.78. The first-order valence-electron chi connectivity index (χ1n) is 7.98. The number of nitrogens with one attached hydrogen (secondary N) is 1. The van der Waals surface area contributed by atoms with Crippen molar-refractivity contribution in [3.8, 4) is 0 Å². The number of nitrogens with zero attached hydrogens (tertiary/aromatic N) is 3. The van der Waals surface area contributed by atoms with Crippen molar-refractivity contribution < 1.29 is 0 Å². The number of hydrogen-bond acceptors (Lipinski definition) is 4. The first-order valence-corrected chi connectivity index (χ1v) is 7.98. The molecular formula is C17H32N4. The summed E-state index contributed by atoms with van der Waals surface area (Å²) in [6.07, 6.45) is 3.73. The molecule has 21 heavy (non-hydrogen) atoms. The molecule has 1 aromatic rings. The monoisotopic (exact) mass is 292 g/mol. The van der Waals surface area contributed by atoms with E-state index in [4.69, 9.17) is 4.98 Å². The zero-order chi connectivity index (χ0) is 16.0. The third-order valence-corrected chi connectivity index (χ3v) is 2.97. The highest BCUT2D eigenvalue weighted by Gasteiger charge is 2.14. The van der Waals surface area contributed by atoms with Crippen molar-refractivity contribution in [2.24, 2.45) is 11.8 Å². The summed E-state index contributed by atoms with van der Waals surface area (Å²) in [4.78, 5) is 11.5. The average molecular weight is 292 g/mol. The lowest BCUT2D eigenvalue weighted by molar-refractivity contribution is 0.420. The van der Waals surface area contributed by atoms with Crippen LogP contribution in [0, 0.1) is 11.8 Å². The molecule has 0 saturated carbocycles. The molecule has 0 atom stereocenters. The van der Waals surface area contributed by atoms with E-state index >= 15 is 0 Å². The number of anilines is 1. The van der Waals surface area contributed by atoms with Crippen molar-refractivity contribution in [1.82, 2.24) is 15.3 Å². The maximum atomic E-state index is 4.78. The Kier molecular flexibility index (Phi) is 6.59. The van der Waals surface area contributed by atoms with Crippen LogP contribution in [-0.2, 0) is 6.54 Å². The van der Waals surface area contributed by atoms with Gasteiger partial charge in [-0.2, -0.15) is 0 Å². The predicted octanol–water partition coefficient (Wildman–Crippen LogP) is 3.48. The molecular weight excluding hydrogens is 260 g/mol. The van der Waals surface area contributed by atoms with E-state index in [0.29, 0.717) is 11.8 Å². The molecule has 4 nitrogen and oxygen atoms in total. The minimum absolute atomic E-state index is 0.0905. The van der Waals surface area contributed by atoms with Crippen molar-refractivity contribution in [3.05, 3.63) is 18.1 Å². The molecule has 120 valence electrons. The van der Waals surface area contributed by atoms with Crippen LogP contribution in [0.1, 0.15) is 54.2 Å². The van der Waals surface area contributed by atoms with Gasteiger partial charge >= 0.3 is 0 Å². The molecule has 0 aliphatic rings. The quantitative estimate of drug-likeness (QED) is 0.835. The molecule has 0 aliphatic carbocycles. The van der Waals surface area contributed by atoms with Crippen molar-refractivity contribution in [2.45, 2.75) is 60.5 Å². The van der Waals surface area contributed by atoms with Gasteiger partial charge in [0, 0.05) is 31.4 Å². The van der Waals surface area contributed by atoms with E-state index in [9.17, 15) is 0 Å². The molecule has 1 aromatic heterocycles. The molecule has 4 heteroatoms. The van der Waals surface area contributed by atoms with Gasteiger partial charge in [-0.05, 0) is 32.6 Å². The minimum atomic E-state index is 0.0905. The highest BCUT2D eigenvalue weighted by atomic mass is 15.2. The Hall–Kier alpha value is -1.16. The van der Waals surface area contributed by atoms with E-state index in [1.54, 1.807) is 0 Å². The Bertz CT molecular complexity index is 411. The lowest BCUT2D eigenvalue weighted by Crippen LogP contribution is -2.36. The first-order chi connectivity index (χ1) is 9.67. The van der Waals surface area contributed by atoms with E-state index in [2.05, 4.69) is 63.7 Å². The largest absolute Gasteiger partial charge is 0.355 e. The van der Waals surface area contributed by atoms with Gasteiger partial charge in [-0.25, -0.2) is 4.98 Å². The summed E-state index contributed by atoms with van der Waals surface area (Å²) in [5.41, 5.74) is 1.09. The average Bonchev–Trinajstić information content (AvgIpc) is 2.34. The van der Waals surface area contributed by atoms with Gasteiger partial charge < -0.3 is 10.2 Å². The van der Waals surface area contributed by atoms with Gasteiger partial charge in [0.05, 0.1) is 11.9 Å². The van der Waals surface area contributed by atoms with Crippen molar-refractivity contribution >= 4 is 5.82 Å². The Morgan fingerprint density at radius 3 is 2.10 bits per heavy atom. The summed E-state index contributed by atoms with van der Waals surface area (Å²) in [5, 5.41) is 3.46. The molecule has 1 heterocycles. The van der Waals surface area contributed by atoms with Crippen LogP contribution in [0.25, 0.3) is 0 Å². The topological polar surface area (TPSA) is 41.1 Å². The van der Waals surface area contributed by atoms with Gasteiger partial charge in [0.15, 0.2) is 0 Å². The van der Waals surface area contributed by atoms with Crippen molar-refractivity contribution in [1.29, 1.82) is 0 Å². The standard InChI is InChI=1S/C17H32N4/c1-13(2)11-21(12-14(3)4)16-10-18-8-15(20-16)9-19-17(5,6)7/h8,10,13-14,19H,9,11-12H2,1-7H3. The Morgan fingerprint density at radius 1 is 1.05 bits per heavy atom. The molecule has 0 aromatic carbocycles. The summed E-state index contributed by atoms with van der Waals surface area (Å²) < 4.78 is 0. The van der Waals surface area contributed by atoms with E-state index < -0.39 is 0 Å². The lowest BCUT2D eigenvalue weighted by Gasteiger charge is -2.27. The third kappa shape index (κ3) is 7.42. The maximum Gasteiger partial charge on any atom is 0.147 e.